The zero-order chi connectivity index (χ0) is 27.0. The van der Waals surface area contributed by atoms with Gasteiger partial charge < -0.3 is 20.1 Å². The van der Waals surface area contributed by atoms with Gasteiger partial charge in [-0.3, -0.25) is 9.59 Å². The molecule has 0 aromatic carbocycles. The van der Waals surface area contributed by atoms with Gasteiger partial charge in [-0.15, -0.1) is 0 Å². The number of amides is 2. The second-order valence-electron chi connectivity index (χ2n) is 11.0. The van der Waals surface area contributed by atoms with Gasteiger partial charge in [-0.25, -0.2) is 0 Å². The van der Waals surface area contributed by atoms with Crippen LogP contribution in [-0.2, 0) is 19.1 Å². The molecule has 0 aliphatic heterocycles. The van der Waals surface area contributed by atoms with Crippen molar-refractivity contribution in [3.8, 4) is 0 Å². The van der Waals surface area contributed by atoms with Crippen molar-refractivity contribution in [1.82, 2.24) is 10.6 Å². The van der Waals surface area contributed by atoms with Gasteiger partial charge in [0.25, 0.3) is 0 Å². The van der Waals surface area contributed by atoms with Gasteiger partial charge in [-0.1, -0.05) is 117 Å². The molecule has 0 fully saturated rings. The van der Waals surface area contributed by atoms with Gasteiger partial charge in [-0.05, 0) is 32.6 Å². The fraction of sp³-hybridized carbons (Fsp3) is 0.933. The Hall–Kier alpha value is -1.14. The Labute approximate surface area is 223 Å². The van der Waals surface area contributed by atoms with Crippen LogP contribution in [0.1, 0.15) is 143 Å². The first-order valence-corrected chi connectivity index (χ1v) is 15.0. The Bertz CT molecular complexity index is 503. The SMILES string of the molecule is COC(C)C(=O)NC(CCCCCCCCCCCCCCCCCCC(C)C)NC(=O)C(C)OC. The van der Waals surface area contributed by atoms with Crippen LogP contribution in [0.15, 0.2) is 0 Å². The van der Waals surface area contributed by atoms with Crippen molar-refractivity contribution in [3.05, 3.63) is 0 Å². The highest BCUT2D eigenvalue weighted by Crippen LogP contribution is 2.15. The second kappa shape index (κ2) is 24.2. The third kappa shape index (κ3) is 21.0. The van der Waals surface area contributed by atoms with Crippen molar-refractivity contribution < 1.29 is 19.1 Å². The fourth-order valence-corrected chi connectivity index (χ4v) is 4.35. The molecule has 0 aliphatic carbocycles. The highest BCUT2D eigenvalue weighted by Gasteiger charge is 2.21. The monoisotopic (exact) mass is 512 g/mol. The quantitative estimate of drug-likeness (QED) is 0.0994. The molecule has 0 rings (SSSR count). The van der Waals surface area contributed by atoms with E-state index in [-0.39, 0.29) is 11.8 Å². The van der Waals surface area contributed by atoms with Gasteiger partial charge >= 0.3 is 0 Å². The molecular weight excluding hydrogens is 452 g/mol. The first-order valence-electron chi connectivity index (χ1n) is 15.0. The maximum atomic E-state index is 12.2. The molecule has 0 aromatic rings. The van der Waals surface area contributed by atoms with E-state index < -0.39 is 18.4 Å². The van der Waals surface area contributed by atoms with E-state index in [0.29, 0.717) is 6.42 Å². The topological polar surface area (TPSA) is 76.7 Å². The van der Waals surface area contributed by atoms with Gasteiger partial charge in [0.1, 0.15) is 18.4 Å². The van der Waals surface area contributed by atoms with Crippen LogP contribution in [0.5, 0.6) is 0 Å². The minimum Gasteiger partial charge on any atom is -0.372 e. The summed E-state index contributed by atoms with van der Waals surface area (Å²) < 4.78 is 10.2. The second-order valence-corrected chi connectivity index (χ2v) is 11.0. The molecule has 2 unspecified atom stereocenters. The van der Waals surface area contributed by atoms with Crippen molar-refractivity contribution in [3.63, 3.8) is 0 Å². The van der Waals surface area contributed by atoms with E-state index in [1.807, 2.05) is 0 Å². The Morgan fingerprint density at radius 2 is 0.778 bits per heavy atom. The van der Waals surface area contributed by atoms with Crippen molar-refractivity contribution in [1.29, 1.82) is 0 Å². The van der Waals surface area contributed by atoms with Crippen molar-refractivity contribution >= 4 is 11.8 Å². The van der Waals surface area contributed by atoms with Crippen LogP contribution in [0, 0.1) is 5.92 Å². The number of ether oxygens (including phenoxy) is 2. The third-order valence-electron chi connectivity index (χ3n) is 7.10. The van der Waals surface area contributed by atoms with Crippen molar-refractivity contribution in [2.45, 2.75) is 162 Å². The average molecular weight is 513 g/mol. The van der Waals surface area contributed by atoms with Crippen LogP contribution in [0.25, 0.3) is 0 Å². The van der Waals surface area contributed by atoms with E-state index in [1.54, 1.807) is 13.8 Å². The molecule has 0 saturated carbocycles. The number of methoxy groups -OCH3 is 2. The van der Waals surface area contributed by atoms with E-state index in [9.17, 15) is 9.59 Å². The Balaban J connectivity index is 3.72. The zero-order valence-electron chi connectivity index (χ0n) is 24.7. The van der Waals surface area contributed by atoms with Crippen LogP contribution in [0.2, 0.25) is 0 Å². The fourth-order valence-electron chi connectivity index (χ4n) is 4.35. The molecule has 2 amide bonds. The number of carbonyl (C=O) groups excluding carboxylic acids is 2. The summed E-state index contributed by atoms with van der Waals surface area (Å²) in [5.74, 6) is 0.426. The first-order chi connectivity index (χ1) is 17.3. The lowest BCUT2D eigenvalue weighted by Crippen LogP contribution is -2.52. The summed E-state index contributed by atoms with van der Waals surface area (Å²) in [6.45, 7) is 8.04. The molecule has 2 atom stereocenters. The lowest BCUT2D eigenvalue weighted by Gasteiger charge is -2.23. The third-order valence-corrected chi connectivity index (χ3v) is 7.10. The Morgan fingerprint density at radius 3 is 1.06 bits per heavy atom. The molecule has 0 bridgehead atoms. The summed E-state index contributed by atoms with van der Waals surface area (Å²) in [5.41, 5.74) is 0. The smallest absolute Gasteiger partial charge is 0.250 e. The predicted molar refractivity (Wildman–Crippen MR) is 151 cm³/mol. The largest absolute Gasteiger partial charge is 0.372 e. The summed E-state index contributed by atoms with van der Waals surface area (Å²) in [5, 5.41) is 5.77. The molecule has 6 nitrogen and oxygen atoms in total. The van der Waals surface area contributed by atoms with Crippen molar-refractivity contribution in [2.75, 3.05) is 14.2 Å². The minimum atomic E-state index is -0.548. The van der Waals surface area contributed by atoms with E-state index in [1.165, 1.54) is 111 Å². The van der Waals surface area contributed by atoms with Gasteiger partial charge in [0, 0.05) is 14.2 Å². The summed E-state index contributed by atoms with van der Waals surface area (Å²) >= 11 is 0. The molecule has 0 aliphatic rings. The molecule has 0 radical (unpaired) electrons. The molecule has 0 heterocycles. The number of rotatable bonds is 25. The maximum absolute atomic E-state index is 12.2. The van der Waals surface area contributed by atoms with E-state index in [2.05, 4.69) is 24.5 Å². The highest BCUT2D eigenvalue weighted by molar-refractivity contribution is 5.83. The van der Waals surface area contributed by atoms with Gasteiger partial charge in [0.2, 0.25) is 11.8 Å². The number of nitrogens with one attached hydrogen (secondary N) is 2. The molecule has 36 heavy (non-hydrogen) atoms. The first kappa shape index (κ1) is 34.9. The number of unbranched alkanes of at least 4 members (excludes halogenated alkanes) is 15. The lowest BCUT2D eigenvalue weighted by molar-refractivity contribution is -0.134. The number of hydrogen-bond acceptors (Lipinski definition) is 4. The van der Waals surface area contributed by atoms with Gasteiger partial charge in [-0.2, -0.15) is 0 Å². The van der Waals surface area contributed by atoms with E-state index in [4.69, 9.17) is 9.47 Å². The summed E-state index contributed by atoms with van der Waals surface area (Å²) in [4.78, 5) is 24.4. The average Bonchev–Trinajstić information content (AvgIpc) is 2.86. The van der Waals surface area contributed by atoms with Gasteiger partial charge in [0.15, 0.2) is 0 Å². The standard InChI is InChI=1S/C30H60N2O4/c1-25(2)23-21-19-17-15-13-11-9-7-8-10-12-14-16-18-20-22-24-28(31-29(33)26(3)35-5)32-30(34)27(4)36-6/h25-28H,7-24H2,1-6H3,(H,31,33)(H,32,34). The summed E-state index contributed by atoms with van der Waals surface area (Å²) in [7, 11) is 3.00. The van der Waals surface area contributed by atoms with Crippen LogP contribution in [0.4, 0.5) is 0 Å². The van der Waals surface area contributed by atoms with Crippen LogP contribution >= 0.6 is 0 Å². The molecule has 6 heteroatoms. The molecule has 214 valence electrons. The maximum Gasteiger partial charge on any atom is 0.250 e. The highest BCUT2D eigenvalue weighted by atomic mass is 16.5. The van der Waals surface area contributed by atoms with Crippen LogP contribution in [0.3, 0.4) is 0 Å². The minimum absolute atomic E-state index is 0.218. The summed E-state index contributed by atoms with van der Waals surface area (Å²) in [6, 6.07) is 0. The van der Waals surface area contributed by atoms with Crippen LogP contribution < -0.4 is 10.6 Å². The van der Waals surface area contributed by atoms with E-state index >= 15 is 0 Å². The number of hydrogen-bond donors (Lipinski definition) is 2. The molecule has 0 aromatic heterocycles. The molecule has 0 saturated heterocycles. The Morgan fingerprint density at radius 1 is 0.500 bits per heavy atom. The molecular formula is C30H60N2O4. The number of carbonyl (C=O) groups is 2. The van der Waals surface area contributed by atoms with Gasteiger partial charge in [0.05, 0.1) is 0 Å². The zero-order valence-corrected chi connectivity index (χ0v) is 24.7. The van der Waals surface area contributed by atoms with Crippen LogP contribution in [-0.4, -0.2) is 44.4 Å². The van der Waals surface area contributed by atoms with E-state index in [0.717, 1.165) is 18.8 Å². The van der Waals surface area contributed by atoms with Crippen molar-refractivity contribution in [2.24, 2.45) is 5.92 Å². The predicted octanol–water partition coefficient (Wildman–Crippen LogP) is 7.29. The molecule has 2 N–H and O–H groups in total. The normalized spacial score (nSPS) is 14.0. The molecule has 0 spiro atoms. The summed E-state index contributed by atoms with van der Waals surface area (Å²) in [6.07, 6.45) is 21.9. The lowest BCUT2D eigenvalue weighted by atomic mass is 10.0. The Kier molecular flexibility index (Phi) is 23.4.